The highest BCUT2D eigenvalue weighted by Crippen LogP contribution is 2.24. The van der Waals surface area contributed by atoms with Gasteiger partial charge in [0, 0.05) is 17.4 Å². The maximum Gasteiger partial charge on any atom is 0.146 e. The van der Waals surface area contributed by atoms with E-state index < -0.39 is 23.8 Å². The largest absolute Gasteiger partial charge is 0.396 e. The molecule has 1 rings (SSSR count). The number of thiol groups is 1. The van der Waals surface area contributed by atoms with Crippen LogP contribution in [0.1, 0.15) is 11.7 Å². The van der Waals surface area contributed by atoms with E-state index in [0.29, 0.717) is 0 Å². The Kier molecular flexibility index (Phi) is 3.90. The maximum atomic E-state index is 13.2. The number of hydrogen-bond acceptors (Lipinski definition) is 4. The molecule has 0 aromatic heterocycles. The SMILES string of the molecule is Nc1cc(F)c(C(O)C(O)CS)cc1F. The number of benzene rings is 1. The molecule has 0 aliphatic rings. The molecule has 1 aromatic carbocycles. The van der Waals surface area contributed by atoms with Gasteiger partial charge in [0.25, 0.3) is 0 Å². The van der Waals surface area contributed by atoms with Gasteiger partial charge in [-0.2, -0.15) is 12.6 Å². The van der Waals surface area contributed by atoms with Crippen LogP contribution in [0.5, 0.6) is 0 Å². The van der Waals surface area contributed by atoms with Crippen molar-refractivity contribution >= 4 is 18.3 Å². The quantitative estimate of drug-likeness (QED) is 0.464. The first-order chi connectivity index (χ1) is 6.97. The fourth-order valence-corrected chi connectivity index (χ4v) is 1.31. The Morgan fingerprint density at radius 2 is 1.87 bits per heavy atom. The molecule has 1 aromatic rings. The predicted molar refractivity (Wildman–Crippen MR) is 55.6 cm³/mol. The zero-order valence-electron chi connectivity index (χ0n) is 7.69. The van der Waals surface area contributed by atoms with Crippen molar-refractivity contribution in [1.82, 2.24) is 0 Å². The fraction of sp³-hybridized carbons (Fsp3) is 0.333. The van der Waals surface area contributed by atoms with E-state index >= 15 is 0 Å². The molecule has 84 valence electrons. The zero-order chi connectivity index (χ0) is 11.6. The number of nitrogen functional groups attached to an aromatic ring is 1. The minimum atomic E-state index is -1.52. The minimum Gasteiger partial charge on any atom is -0.396 e. The molecular formula is C9H11F2NO2S. The number of aliphatic hydroxyl groups excluding tert-OH is 2. The lowest BCUT2D eigenvalue weighted by Gasteiger charge is -2.17. The third-order valence-corrected chi connectivity index (χ3v) is 2.36. The first-order valence-corrected chi connectivity index (χ1v) is 4.82. The molecular weight excluding hydrogens is 224 g/mol. The van der Waals surface area contributed by atoms with Crippen molar-refractivity contribution in [3.63, 3.8) is 0 Å². The van der Waals surface area contributed by atoms with E-state index in [9.17, 15) is 19.0 Å². The molecule has 2 unspecified atom stereocenters. The monoisotopic (exact) mass is 235 g/mol. The summed E-state index contributed by atoms with van der Waals surface area (Å²) in [4.78, 5) is 0. The molecule has 4 N–H and O–H groups in total. The summed E-state index contributed by atoms with van der Waals surface area (Å²) in [6.07, 6.45) is -2.77. The Morgan fingerprint density at radius 3 is 2.40 bits per heavy atom. The van der Waals surface area contributed by atoms with Gasteiger partial charge in [-0.05, 0) is 6.07 Å². The van der Waals surface area contributed by atoms with Crippen molar-refractivity contribution in [3.8, 4) is 0 Å². The van der Waals surface area contributed by atoms with E-state index in [1.165, 1.54) is 0 Å². The smallest absolute Gasteiger partial charge is 0.146 e. The molecule has 0 aliphatic carbocycles. The molecule has 0 bridgehead atoms. The van der Waals surface area contributed by atoms with Crippen LogP contribution in [0.4, 0.5) is 14.5 Å². The van der Waals surface area contributed by atoms with Crippen molar-refractivity contribution in [1.29, 1.82) is 0 Å². The highest BCUT2D eigenvalue weighted by Gasteiger charge is 2.21. The van der Waals surface area contributed by atoms with Crippen LogP contribution in [0.3, 0.4) is 0 Å². The molecule has 0 amide bonds. The van der Waals surface area contributed by atoms with Crippen LogP contribution in [-0.4, -0.2) is 22.1 Å². The summed E-state index contributed by atoms with van der Waals surface area (Å²) in [6, 6.07) is 1.53. The Morgan fingerprint density at radius 1 is 1.27 bits per heavy atom. The van der Waals surface area contributed by atoms with E-state index in [1.807, 2.05) is 0 Å². The summed E-state index contributed by atoms with van der Waals surface area (Å²) in [5, 5.41) is 18.7. The van der Waals surface area contributed by atoms with Crippen LogP contribution in [0.2, 0.25) is 0 Å². The van der Waals surface area contributed by atoms with E-state index in [2.05, 4.69) is 12.6 Å². The average Bonchev–Trinajstić information content (AvgIpc) is 2.21. The van der Waals surface area contributed by atoms with Crippen molar-refractivity contribution in [2.45, 2.75) is 12.2 Å². The van der Waals surface area contributed by atoms with Gasteiger partial charge in [0.15, 0.2) is 0 Å². The number of hydrogen-bond donors (Lipinski definition) is 4. The second-order valence-corrected chi connectivity index (χ2v) is 3.46. The summed E-state index contributed by atoms with van der Waals surface area (Å²) in [6.45, 7) is 0. The van der Waals surface area contributed by atoms with Gasteiger partial charge in [0.2, 0.25) is 0 Å². The van der Waals surface area contributed by atoms with Crippen LogP contribution in [0.15, 0.2) is 12.1 Å². The average molecular weight is 235 g/mol. The number of nitrogens with two attached hydrogens (primary N) is 1. The van der Waals surface area contributed by atoms with E-state index in [-0.39, 0.29) is 17.0 Å². The summed E-state index contributed by atoms with van der Waals surface area (Å²) >= 11 is 3.73. The van der Waals surface area contributed by atoms with Crippen LogP contribution in [0, 0.1) is 11.6 Å². The van der Waals surface area contributed by atoms with Gasteiger partial charge in [-0.15, -0.1) is 0 Å². The normalized spacial score (nSPS) is 15.0. The van der Waals surface area contributed by atoms with E-state index in [0.717, 1.165) is 12.1 Å². The number of halogens is 2. The van der Waals surface area contributed by atoms with Gasteiger partial charge < -0.3 is 15.9 Å². The standard InChI is InChI=1S/C9H11F2NO2S/c10-5-2-7(12)6(11)1-4(5)9(14)8(13)3-15/h1-2,8-9,13-15H,3,12H2. The van der Waals surface area contributed by atoms with Gasteiger partial charge in [0.05, 0.1) is 11.8 Å². The lowest BCUT2D eigenvalue weighted by Crippen LogP contribution is -2.21. The summed E-state index contributed by atoms with van der Waals surface area (Å²) < 4.78 is 26.2. The van der Waals surface area contributed by atoms with Gasteiger partial charge in [0.1, 0.15) is 17.7 Å². The predicted octanol–water partition coefficient (Wildman–Crippen LogP) is 0.871. The van der Waals surface area contributed by atoms with Crippen LogP contribution in [0.25, 0.3) is 0 Å². The van der Waals surface area contributed by atoms with E-state index in [1.54, 1.807) is 0 Å². The van der Waals surface area contributed by atoms with Gasteiger partial charge in [-0.1, -0.05) is 0 Å². The summed E-state index contributed by atoms with van der Waals surface area (Å²) in [7, 11) is 0. The first-order valence-electron chi connectivity index (χ1n) is 4.18. The highest BCUT2D eigenvalue weighted by atomic mass is 32.1. The minimum absolute atomic E-state index is 0.0629. The molecule has 0 aliphatic heterocycles. The third kappa shape index (κ3) is 2.58. The molecule has 0 radical (unpaired) electrons. The molecule has 3 nitrogen and oxygen atoms in total. The van der Waals surface area contributed by atoms with Crippen LogP contribution >= 0.6 is 12.6 Å². The number of anilines is 1. The maximum absolute atomic E-state index is 13.2. The molecule has 0 saturated heterocycles. The number of rotatable bonds is 3. The summed E-state index contributed by atoms with van der Waals surface area (Å²) in [5.74, 6) is -1.76. The molecule has 0 heterocycles. The lowest BCUT2D eigenvalue weighted by atomic mass is 10.0. The molecule has 0 spiro atoms. The van der Waals surface area contributed by atoms with Gasteiger partial charge in [-0.25, -0.2) is 8.78 Å². The van der Waals surface area contributed by atoms with Crippen LogP contribution < -0.4 is 5.73 Å². The molecule has 2 atom stereocenters. The number of aliphatic hydroxyl groups is 2. The fourth-order valence-electron chi connectivity index (χ4n) is 1.11. The van der Waals surface area contributed by atoms with Crippen molar-refractivity contribution in [2.24, 2.45) is 0 Å². The van der Waals surface area contributed by atoms with Crippen LogP contribution in [-0.2, 0) is 0 Å². The molecule has 15 heavy (non-hydrogen) atoms. The molecule has 0 saturated carbocycles. The van der Waals surface area contributed by atoms with Crippen molar-refractivity contribution < 1.29 is 19.0 Å². The second kappa shape index (κ2) is 4.78. The van der Waals surface area contributed by atoms with Gasteiger partial charge in [-0.3, -0.25) is 0 Å². The second-order valence-electron chi connectivity index (χ2n) is 3.09. The summed E-state index contributed by atoms with van der Waals surface area (Å²) in [5.41, 5.74) is 4.45. The Labute approximate surface area is 90.9 Å². The molecule has 0 fully saturated rings. The topological polar surface area (TPSA) is 66.5 Å². The Balaban J connectivity index is 3.09. The van der Waals surface area contributed by atoms with Gasteiger partial charge >= 0.3 is 0 Å². The van der Waals surface area contributed by atoms with Crippen molar-refractivity contribution in [3.05, 3.63) is 29.3 Å². The third-order valence-electron chi connectivity index (χ3n) is 1.99. The zero-order valence-corrected chi connectivity index (χ0v) is 8.59. The Hall–Kier alpha value is -0.850. The van der Waals surface area contributed by atoms with E-state index in [4.69, 9.17) is 5.73 Å². The lowest BCUT2D eigenvalue weighted by molar-refractivity contribution is 0.0313. The first kappa shape index (κ1) is 12.2. The van der Waals surface area contributed by atoms with Crippen molar-refractivity contribution in [2.75, 3.05) is 11.5 Å². The highest BCUT2D eigenvalue weighted by molar-refractivity contribution is 7.80. The Bertz CT molecular complexity index is 362. The molecule has 6 heteroatoms.